The Balaban J connectivity index is 1.80. The molecule has 1 aliphatic rings. The van der Waals surface area contributed by atoms with E-state index >= 15 is 0 Å². The molecule has 1 aliphatic heterocycles. The first-order chi connectivity index (χ1) is 8.36. The molecule has 1 saturated heterocycles. The summed E-state index contributed by atoms with van der Waals surface area (Å²) in [5.74, 6) is 0. The maximum Gasteiger partial charge on any atom is 0.169 e. The van der Waals surface area contributed by atoms with Gasteiger partial charge in [0.05, 0.1) is 12.7 Å². The van der Waals surface area contributed by atoms with E-state index in [4.69, 9.17) is 18.9 Å². The highest BCUT2D eigenvalue weighted by Crippen LogP contribution is 2.11. The summed E-state index contributed by atoms with van der Waals surface area (Å²) < 4.78 is 21.1. The summed E-state index contributed by atoms with van der Waals surface area (Å²) in [7, 11) is 3.28. The Morgan fingerprint density at radius 2 is 2.18 bits per heavy atom. The molecule has 1 rings (SSSR count). The van der Waals surface area contributed by atoms with Gasteiger partial charge >= 0.3 is 0 Å². The lowest BCUT2D eigenvalue weighted by atomic mass is 10.2. The molecule has 1 N–H and O–H groups in total. The lowest BCUT2D eigenvalue weighted by Gasteiger charge is -2.14. The fourth-order valence-corrected chi connectivity index (χ4v) is 1.77. The van der Waals surface area contributed by atoms with Gasteiger partial charge < -0.3 is 24.3 Å². The van der Waals surface area contributed by atoms with Crippen LogP contribution < -0.4 is 5.32 Å². The maximum atomic E-state index is 5.55. The molecule has 0 aromatic rings. The number of nitrogens with one attached hydrogen (secondary N) is 1. The van der Waals surface area contributed by atoms with Gasteiger partial charge in [-0.1, -0.05) is 0 Å². The van der Waals surface area contributed by atoms with Gasteiger partial charge in [-0.25, -0.2) is 0 Å². The highest BCUT2D eigenvalue weighted by molar-refractivity contribution is 4.63. The molecule has 0 radical (unpaired) electrons. The molecule has 0 spiro atoms. The molecule has 1 fully saturated rings. The second-order valence-corrected chi connectivity index (χ2v) is 4.17. The first-order valence-corrected chi connectivity index (χ1v) is 6.32. The van der Waals surface area contributed by atoms with Crippen LogP contribution in [0.1, 0.15) is 19.3 Å². The first kappa shape index (κ1) is 14.9. The predicted octanol–water partition coefficient (Wildman–Crippen LogP) is 0.781. The molecule has 1 atom stereocenters. The Labute approximate surface area is 104 Å². The molecule has 0 aromatic carbocycles. The SMILES string of the molecule is COC(CNCCCOCC1CCCO1)OC. The fraction of sp³-hybridized carbons (Fsp3) is 1.00. The predicted molar refractivity (Wildman–Crippen MR) is 65.1 cm³/mol. The highest BCUT2D eigenvalue weighted by Gasteiger charge is 2.14. The molecule has 17 heavy (non-hydrogen) atoms. The van der Waals surface area contributed by atoms with Crippen molar-refractivity contribution in [2.75, 3.05) is 47.1 Å². The maximum absolute atomic E-state index is 5.55. The van der Waals surface area contributed by atoms with E-state index in [1.54, 1.807) is 14.2 Å². The van der Waals surface area contributed by atoms with Crippen molar-refractivity contribution in [1.82, 2.24) is 5.32 Å². The van der Waals surface area contributed by atoms with Crippen molar-refractivity contribution in [3.05, 3.63) is 0 Å². The van der Waals surface area contributed by atoms with Crippen molar-refractivity contribution in [3.63, 3.8) is 0 Å². The van der Waals surface area contributed by atoms with Crippen LogP contribution in [-0.2, 0) is 18.9 Å². The molecule has 0 aromatic heterocycles. The lowest BCUT2D eigenvalue weighted by Crippen LogP contribution is -2.30. The minimum atomic E-state index is -0.164. The summed E-state index contributed by atoms with van der Waals surface area (Å²) in [6.45, 7) is 4.02. The van der Waals surface area contributed by atoms with E-state index in [2.05, 4.69) is 5.32 Å². The molecule has 1 unspecified atom stereocenters. The molecular formula is C12H25NO4. The van der Waals surface area contributed by atoms with Crippen molar-refractivity contribution < 1.29 is 18.9 Å². The zero-order valence-corrected chi connectivity index (χ0v) is 10.9. The van der Waals surface area contributed by atoms with E-state index in [-0.39, 0.29) is 6.29 Å². The summed E-state index contributed by atoms with van der Waals surface area (Å²) in [5, 5.41) is 3.25. The van der Waals surface area contributed by atoms with E-state index in [9.17, 15) is 0 Å². The van der Waals surface area contributed by atoms with Crippen LogP contribution in [0.25, 0.3) is 0 Å². The molecule has 0 bridgehead atoms. The summed E-state index contributed by atoms with van der Waals surface area (Å²) in [5.41, 5.74) is 0. The minimum Gasteiger partial charge on any atom is -0.379 e. The summed E-state index contributed by atoms with van der Waals surface area (Å²) in [6, 6.07) is 0. The monoisotopic (exact) mass is 247 g/mol. The number of hydrogen-bond acceptors (Lipinski definition) is 5. The van der Waals surface area contributed by atoms with Crippen molar-refractivity contribution in [2.24, 2.45) is 0 Å². The average Bonchev–Trinajstić information content (AvgIpc) is 2.86. The van der Waals surface area contributed by atoms with Gasteiger partial charge in [0.1, 0.15) is 0 Å². The quantitative estimate of drug-likeness (QED) is 0.457. The second kappa shape index (κ2) is 9.79. The summed E-state index contributed by atoms with van der Waals surface area (Å²) >= 11 is 0. The van der Waals surface area contributed by atoms with Gasteiger partial charge in [0, 0.05) is 34.0 Å². The third-order valence-corrected chi connectivity index (χ3v) is 2.81. The standard InChI is InChI=1S/C12H25NO4/c1-14-12(15-2)9-13-6-4-7-16-10-11-5-3-8-17-11/h11-13H,3-10H2,1-2H3. The van der Waals surface area contributed by atoms with Crippen LogP contribution in [0.5, 0.6) is 0 Å². The molecule has 5 nitrogen and oxygen atoms in total. The van der Waals surface area contributed by atoms with Crippen LogP contribution in [0, 0.1) is 0 Å². The highest BCUT2D eigenvalue weighted by atomic mass is 16.7. The Hall–Kier alpha value is -0.200. The van der Waals surface area contributed by atoms with Crippen molar-refractivity contribution in [3.8, 4) is 0 Å². The molecular weight excluding hydrogens is 222 g/mol. The average molecular weight is 247 g/mol. The van der Waals surface area contributed by atoms with Crippen LogP contribution in [0.2, 0.25) is 0 Å². The number of methoxy groups -OCH3 is 2. The largest absolute Gasteiger partial charge is 0.379 e. The molecule has 5 heteroatoms. The van der Waals surface area contributed by atoms with Gasteiger partial charge in [-0.2, -0.15) is 0 Å². The van der Waals surface area contributed by atoms with Crippen LogP contribution in [0.15, 0.2) is 0 Å². The normalized spacial score (nSPS) is 20.3. The topological polar surface area (TPSA) is 49.0 Å². The van der Waals surface area contributed by atoms with Gasteiger partial charge in [0.2, 0.25) is 0 Å². The summed E-state index contributed by atoms with van der Waals surface area (Å²) in [6.07, 6.45) is 3.47. The summed E-state index contributed by atoms with van der Waals surface area (Å²) in [4.78, 5) is 0. The Morgan fingerprint density at radius 1 is 1.35 bits per heavy atom. The molecule has 0 saturated carbocycles. The molecule has 1 heterocycles. The van der Waals surface area contributed by atoms with Crippen LogP contribution in [0.3, 0.4) is 0 Å². The Bertz CT molecular complexity index is 164. The van der Waals surface area contributed by atoms with Crippen LogP contribution >= 0.6 is 0 Å². The van der Waals surface area contributed by atoms with Crippen molar-refractivity contribution in [2.45, 2.75) is 31.7 Å². The molecule has 102 valence electrons. The minimum absolute atomic E-state index is 0.164. The number of hydrogen-bond donors (Lipinski definition) is 1. The fourth-order valence-electron chi connectivity index (χ4n) is 1.77. The van der Waals surface area contributed by atoms with E-state index in [1.165, 1.54) is 6.42 Å². The number of rotatable bonds is 10. The van der Waals surface area contributed by atoms with Crippen molar-refractivity contribution in [1.29, 1.82) is 0 Å². The first-order valence-electron chi connectivity index (χ1n) is 6.32. The second-order valence-electron chi connectivity index (χ2n) is 4.17. The van der Waals surface area contributed by atoms with E-state index < -0.39 is 0 Å². The van der Waals surface area contributed by atoms with Crippen molar-refractivity contribution >= 4 is 0 Å². The van der Waals surface area contributed by atoms with Crippen LogP contribution in [0.4, 0.5) is 0 Å². The zero-order chi connectivity index (χ0) is 12.3. The Kier molecular flexibility index (Phi) is 8.56. The van der Waals surface area contributed by atoms with Gasteiger partial charge in [-0.3, -0.25) is 0 Å². The van der Waals surface area contributed by atoms with Gasteiger partial charge in [0.25, 0.3) is 0 Å². The number of ether oxygens (including phenoxy) is 4. The third kappa shape index (κ3) is 6.95. The zero-order valence-electron chi connectivity index (χ0n) is 10.9. The van der Waals surface area contributed by atoms with E-state index in [0.29, 0.717) is 12.6 Å². The lowest BCUT2D eigenvalue weighted by molar-refractivity contribution is -0.0987. The smallest absolute Gasteiger partial charge is 0.169 e. The van der Waals surface area contributed by atoms with Gasteiger partial charge in [-0.15, -0.1) is 0 Å². The Morgan fingerprint density at radius 3 is 2.82 bits per heavy atom. The van der Waals surface area contributed by atoms with Gasteiger partial charge in [-0.05, 0) is 25.8 Å². The molecule has 0 aliphatic carbocycles. The van der Waals surface area contributed by atoms with E-state index in [0.717, 1.165) is 39.2 Å². The van der Waals surface area contributed by atoms with Gasteiger partial charge in [0.15, 0.2) is 6.29 Å². The van der Waals surface area contributed by atoms with Crippen LogP contribution in [-0.4, -0.2) is 59.5 Å². The van der Waals surface area contributed by atoms with E-state index in [1.807, 2.05) is 0 Å². The third-order valence-electron chi connectivity index (χ3n) is 2.81. The molecule has 0 amide bonds.